The first-order chi connectivity index (χ1) is 9.72. The maximum atomic E-state index is 6.08. The van der Waals surface area contributed by atoms with Crippen LogP contribution in [0.3, 0.4) is 0 Å². The number of nitrogens with zero attached hydrogens (tertiary/aromatic N) is 2. The van der Waals surface area contributed by atoms with Gasteiger partial charge >= 0.3 is 0 Å². The first-order valence-electron chi connectivity index (χ1n) is 7.53. The highest BCUT2D eigenvalue weighted by atomic mass is 16.5. The maximum absolute atomic E-state index is 6.08. The number of hydrogen-bond donors (Lipinski definition) is 1. The van der Waals surface area contributed by atoms with E-state index in [0.717, 1.165) is 32.1 Å². The Bertz CT molecular complexity index is 397. The number of aromatic nitrogens is 2. The molecule has 1 fully saturated rings. The molecule has 6 nitrogen and oxygen atoms in total. The van der Waals surface area contributed by atoms with Crippen LogP contribution in [-0.4, -0.2) is 30.0 Å². The van der Waals surface area contributed by atoms with Gasteiger partial charge in [-0.1, -0.05) is 24.9 Å². The van der Waals surface area contributed by atoms with Gasteiger partial charge in [0.25, 0.3) is 0 Å². The second-order valence-corrected chi connectivity index (χ2v) is 5.24. The molecule has 0 saturated carbocycles. The highest BCUT2D eigenvalue weighted by Crippen LogP contribution is 2.34. The van der Waals surface area contributed by atoms with Gasteiger partial charge in [-0.25, -0.2) is 0 Å². The summed E-state index contributed by atoms with van der Waals surface area (Å²) in [5.41, 5.74) is 5.61. The van der Waals surface area contributed by atoms with E-state index in [9.17, 15) is 0 Å². The Kier molecular flexibility index (Phi) is 5.51. The summed E-state index contributed by atoms with van der Waals surface area (Å²) in [7, 11) is 0. The summed E-state index contributed by atoms with van der Waals surface area (Å²) >= 11 is 0. The minimum atomic E-state index is -0.473. The number of rotatable bonds is 7. The Balaban J connectivity index is 2.12. The third kappa shape index (κ3) is 3.37. The van der Waals surface area contributed by atoms with Gasteiger partial charge in [-0.15, -0.1) is 0 Å². The van der Waals surface area contributed by atoms with Gasteiger partial charge in [0.2, 0.25) is 11.7 Å². The van der Waals surface area contributed by atoms with E-state index in [4.69, 9.17) is 19.7 Å². The van der Waals surface area contributed by atoms with Gasteiger partial charge < -0.3 is 19.7 Å². The summed E-state index contributed by atoms with van der Waals surface area (Å²) in [6, 6.07) is -0.185. The fraction of sp³-hybridized carbons (Fsp3) is 0.857. The molecule has 1 aromatic rings. The molecule has 0 unspecified atom stereocenters. The van der Waals surface area contributed by atoms with E-state index in [1.54, 1.807) is 0 Å². The highest BCUT2D eigenvalue weighted by Gasteiger charge is 2.40. The largest absolute Gasteiger partial charge is 0.381 e. The smallest absolute Gasteiger partial charge is 0.243 e. The number of hydrogen-bond acceptors (Lipinski definition) is 6. The van der Waals surface area contributed by atoms with Crippen LogP contribution in [0.25, 0.3) is 0 Å². The predicted octanol–water partition coefficient (Wildman–Crippen LogP) is 2.30. The Morgan fingerprint density at radius 3 is 2.75 bits per heavy atom. The van der Waals surface area contributed by atoms with Crippen molar-refractivity contribution in [2.45, 2.75) is 57.6 Å². The lowest BCUT2D eigenvalue weighted by Crippen LogP contribution is -2.37. The average Bonchev–Trinajstić information content (AvgIpc) is 2.96. The molecule has 1 aliphatic rings. The molecule has 6 heteroatoms. The molecule has 2 rings (SSSR count). The number of ether oxygens (including phenoxy) is 2. The van der Waals surface area contributed by atoms with E-state index < -0.39 is 5.60 Å². The highest BCUT2D eigenvalue weighted by molar-refractivity contribution is 5.04. The standard InChI is InChI=1S/C14H25N3O3/c1-3-5-6-11(15)12-16-13(17-20-12)14(19-4-2)7-9-18-10-8-14/h11H,3-10,15H2,1-2H3/t11-/m0/s1. The molecule has 114 valence electrons. The van der Waals surface area contributed by atoms with Crippen LogP contribution in [0.1, 0.15) is 63.7 Å². The summed E-state index contributed by atoms with van der Waals surface area (Å²) < 4.78 is 16.7. The summed E-state index contributed by atoms with van der Waals surface area (Å²) in [4.78, 5) is 4.49. The molecule has 0 radical (unpaired) electrons. The molecule has 0 bridgehead atoms. The lowest BCUT2D eigenvalue weighted by atomic mass is 9.93. The summed E-state index contributed by atoms with van der Waals surface area (Å²) in [5, 5.41) is 4.11. The van der Waals surface area contributed by atoms with Gasteiger partial charge in [0.1, 0.15) is 5.60 Å². The van der Waals surface area contributed by atoms with Crippen LogP contribution >= 0.6 is 0 Å². The van der Waals surface area contributed by atoms with Gasteiger partial charge in [-0.3, -0.25) is 0 Å². The molecule has 0 aliphatic carbocycles. The SMILES string of the molecule is CCCC[C@H](N)c1nc(C2(OCC)CCOCC2)no1. The molecule has 0 aromatic carbocycles. The molecule has 1 aliphatic heterocycles. The Morgan fingerprint density at radius 1 is 1.35 bits per heavy atom. The van der Waals surface area contributed by atoms with Crippen LogP contribution in [0.4, 0.5) is 0 Å². The second kappa shape index (κ2) is 7.15. The van der Waals surface area contributed by atoms with Crippen molar-refractivity contribution in [3.8, 4) is 0 Å². The van der Waals surface area contributed by atoms with E-state index >= 15 is 0 Å². The number of unbranched alkanes of at least 4 members (excludes halogenated alkanes) is 1. The molecule has 1 atom stereocenters. The Morgan fingerprint density at radius 2 is 2.10 bits per heavy atom. The van der Waals surface area contributed by atoms with Gasteiger partial charge in [-0.2, -0.15) is 4.98 Å². The second-order valence-electron chi connectivity index (χ2n) is 5.24. The van der Waals surface area contributed by atoms with Crippen LogP contribution in [0, 0.1) is 0 Å². The molecule has 20 heavy (non-hydrogen) atoms. The molecular weight excluding hydrogens is 258 g/mol. The summed E-state index contributed by atoms with van der Waals surface area (Å²) in [6.07, 6.45) is 4.54. The summed E-state index contributed by atoms with van der Waals surface area (Å²) in [5.74, 6) is 1.13. The monoisotopic (exact) mass is 283 g/mol. The predicted molar refractivity (Wildman–Crippen MR) is 74.1 cm³/mol. The maximum Gasteiger partial charge on any atom is 0.243 e. The van der Waals surface area contributed by atoms with Crippen molar-refractivity contribution < 1.29 is 14.0 Å². The van der Waals surface area contributed by atoms with Crippen molar-refractivity contribution in [1.29, 1.82) is 0 Å². The zero-order valence-electron chi connectivity index (χ0n) is 12.4. The Labute approximate surface area is 120 Å². The third-order valence-electron chi connectivity index (χ3n) is 3.76. The molecule has 1 saturated heterocycles. The van der Waals surface area contributed by atoms with Gasteiger partial charge in [0.05, 0.1) is 6.04 Å². The van der Waals surface area contributed by atoms with Crippen molar-refractivity contribution in [2.24, 2.45) is 5.73 Å². The molecule has 0 spiro atoms. The van der Waals surface area contributed by atoms with Crippen LogP contribution in [-0.2, 0) is 15.1 Å². The zero-order chi connectivity index (χ0) is 14.4. The van der Waals surface area contributed by atoms with Crippen molar-refractivity contribution in [1.82, 2.24) is 10.1 Å². The van der Waals surface area contributed by atoms with Crippen LogP contribution in [0.2, 0.25) is 0 Å². The van der Waals surface area contributed by atoms with Crippen molar-refractivity contribution >= 4 is 0 Å². The number of nitrogens with two attached hydrogens (primary N) is 1. The van der Waals surface area contributed by atoms with E-state index in [-0.39, 0.29) is 6.04 Å². The minimum absolute atomic E-state index is 0.185. The average molecular weight is 283 g/mol. The zero-order valence-corrected chi connectivity index (χ0v) is 12.4. The van der Waals surface area contributed by atoms with Gasteiger partial charge in [-0.05, 0) is 13.3 Å². The van der Waals surface area contributed by atoms with Crippen molar-refractivity contribution in [3.05, 3.63) is 11.7 Å². The van der Waals surface area contributed by atoms with E-state index in [1.807, 2.05) is 6.92 Å². The first kappa shape index (κ1) is 15.4. The topological polar surface area (TPSA) is 83.4 Å². The minimum Gasteiger partial charge on any atom is -0.381 e. The fourth-order valence-electron chi connectivity index (χ4n) is 2.53. The van der Waals surface area contributed by atoms with Crippen LogP contribution in [0.15, 0.2) is 4.52 Å². The third-order valence-corrected chi connectivity index (χ3v) is 3.76. The molecular formula is C14H25N3O3. The first-order valence-corrected chi connectivity index (χ1v) is 7.53. The van der Waals surface area contributed by atoms with Crippen LogP contribution < -0.4 is 5.73 Å². The van der Waals surface area contributed by atoms with E-state index in [1.165, 1.54) is 0 Å². The fourth-order valence-corrected chi connectivity index (χ4v) is 2.53. The van der Waals surface area contributed by atoms with Crippen molar-refractivity contribution in [2.75, 3.05) is 19.8 Å². The molecule has 2 N–H and O–H groups in total. The summed E-state index contributed by atoms with van der Waals surface area (Å²) in [6.45, 7) is 6.05. The van der Waals surface area contributed by atoms with Gasteiger partial charge in [0.15, 0.2) is 0 Å². The lowest BCUT2D eigenvalue weighted by molar-refractivity contribution is -0.118. The lowest BCUT2D eigenvalue weighted by Gasteiger charge is -2.33. The molecule has 1 aromatic heterocycles. The molecule has 0 amide bonds. The molecule has 2 heterocycles. The van der Waals surface area contributed by atoms with Crippen LogP contribution in [0.5, 0.6) is 0 Å². The van der Waals surface area contributed by atoms with Crippen molar-refractivity contribution in [3.63, 3.8) is 0 Å². The normalized spacial score (nSPS) is 19.9. The van der Waals surface area contributed by atoms with E-state index in [2.05, 4.69) is 17.1 Å². The quantitative estimate of drug-likeness (QED) is 0.826. The Hall–Kier alpha value is -0.980. The van der Waals surface area contributed by atoms with E-state index in [0.29, 0.717) is 31.5 Å². The van der Waals surface area contributed by atoms with Gasteiger partial charge in [0, 0.05) is 32.7 Å².